The number of aryl methyl sites for hydroxylation is 1. The molecule has 1 amide bonds. The summed E-state index contributed by atoms with van der Waals surface area (Å²) in [6, 6.07) is 8.11. The van der Waals surface area contributed by atoms with Crippen LogP contribution >= 0.6 is 0 Å². The average molecular weight is 325 g/mol. The lowest BCUT2D eigenvalue weighted by molar-refractivity contribution is -0.147. The molecule has 1 aromatic carbocycles. The van der Waals surface area contributed by atoms with Crippen molar-refractivity contribution in [1.82, 2.24) is 5.32 Å². The maximum Gasteiger partial charge on any atom is 0.226 e. The van der Waals surface area contributed by atoms with E-state index < -0.39 is 5.60 Å². The average Bonchev–Trinajstić information content (AvgIpc) is 2.90. The molecule has 3 nitrogen and oxygen atoms in total. The van der Waals surface area contributed by atoms with E-state index in [0.717, 1.165) is 49.0 Å². The first-order chi connectivity index (χ1) is 11.6. The summed E-state index contributed by atoms with van der Waals surface area (Å²) in [5.41, 5.74) is 1.23. The van der Waals surface area contributed by atoms with Crippen molar-refractivity contribution in [2.75, 3.05) is 6.54 Å². The van der Waals surface area contributed by atoms with Crippen LogP contribution in [0.1, 0.15) is 56.1 Å². The van der Waals surface area contributed by atoms with Gasteiger partial charge in [0.1, 0.15) is 5.60 Å². The predicted molar refractivity (Wildman–Crippen MR) is 92.3 cm³/mol. The Morgan fingerprint density at radius 3 is 2.38 bits per heavy atom. The molecule has 1 aromatic rings. The van der Waals surface area contributed by atoms with Crippen molar-refractivity contribution in [1.29, 1.82) is 0 Å². The third-order valence-corrected chi connectivity index (χ3v) is 7.39. The van der Waals surface area contributed by atoms with Crippen LogP contribution in [0.15, 0.2) is 24.3 Å². The van der Waals surface area contributed by atoms with E-state index in [9.17, 15) is 9.90 Å². The van der Waals surface area contributed by atoms with Crippen molar-refractivity contribution in [3.63, 3.8) is 0 Å². The summed E-state index contributed by atoms with van der Waals surface area (Å²) >= 11 is 0. The molecular weight excluding hydrogens is 298 g/mol. The number of benzene rings is 1. The van der Waals surface area contributed by atoms with Crippen molar-refractivity contribution in [3.8, 4) is 0 Å². The molecule has 6 rings (SSSR count). The van der Waals surface area contributed by atoms with Crippen LogP contribution in [0.2, 0.25) is 0 Å². The Hall–Kier alpha value is -1.35. The fourth-order valence-corrected chi connectivity index (χ4v) is 6.65. The summed E-state index contributed by atoms with van der Waals surface area (Å²) in [6.45, 7) is 0.366. The minimum Gasteiger partial charge on any atom is -0.383 e. The van der Waals surface area contributed by atoms with Gasteiger partial charge in [0.25, 0.3) is 0 Å². The smallest absolute Gasteiger partial charge is 0.226 e. The summed E-state index contributed by atoms with van der Waals surface area (Å²) < 4.78 is 0. The highest BCUT2D eigenvalue weighted by atomic mass is 16.3. The van der Waals surface area contributed by atoms with Crippen LogP contribution in [0.25, 0.3) is 0 Å². The van der Waals surface area contributed by atoms with Gasteiger partial charge in [-0.05, 0) is 80.2 Å². The van der Waals surface area contributed by atoms with Crippen LogP contribution in [0.4, 0.5) is 0 Å². The van der Waals surface area contributed by atoms with Gasteiger partial charge in [-0.2, -0.15) is 0 Å². The largest absolute Gasteiger partial charge is 0.383 e. The molecule has 0 heterocycles. The highest BCUT2D eigenvalue weighted by molar-refractivity contribution is 5.83. The molecule has 0 radical (unpaired) electrons. The van der Waals surface area contributed by atoms with Gasteiger partial charge in [-0.25, -0.2) is 0 Å². The number of rotatable bonds is 3. The molecule has 0 aliphatic heterocycles. The Morgan fingerprint density at radius 1 is 1.08 bits per heavy atom. The van der Waals surface area contributed by atoms with E-state index in [1.165, 1.54) is 24.8 Å². The van der Waals surface area contributed by atoms with E-state index in [-0.39, 0.29) is 11.3 Å². The third kappa shape index (κ3) is 2.17. The van der Waals surface area contributed by atoms with Gasteiger partial charge >= 0.3 is 0 Å². The Bertz CT molecular complexity index is 647. The number of hydrogen-bond acceptors (Lipinski definition) is 2. The maximum atomic E-state index is 13.1. The van der Waals surface area contributed by atoms with E-state index in [4.69, 9.17) is 0 Å². The van der Waals surface area contributed by atoms with E-state index in [0.29, 0.717) is 13.0 Å². The Kier molecular flexibility index (Phi) is 3.16. The van der Waals surface area contributed by atoms with Crippen LogP contribution in [0.5, 0.6) is 0 Å². The number of amides is 1. The molecule has 1 unspecified atom stereocenters. The number of carbonyl (C=O) groups excluding carboxylic acids is 1. The molecule has 0 spiro atoms. The van der Waals surface area contributed by atoms with Gasteiger partial charge in [0.05, 0.1) is 6.54 Å². The van der Waals surface area contributed by atoms with Crippen molar-refractivity contribution in [2.24, 2.45) is 23.2 Å². The molecule has 2 N–H and O–H groups in total. The molecule has 5 aliphatic rings. The van der Waals surface area contributed by atoms with E-state index in [1.807, 2.05) is 18.2 Å². The zero-order valence-corrected chi connectivity index (χ0v) is 14.3. The zero-order chi connectivity index (χ0) is 16.4. The van der Waals surface area contributed by atoms with Gasteiger partial charge < -0.3 is 10.4 Å². The van der Waals surface area contributed by atoms with Crippen LogP contribution in [-0.4, -0.2) is 17.6 Å². The summed E-state index contributed by atoms with van der Waals surface area (Å²) in [4.78, 5) is 13.1. The lowest BCUT2D eigenvalue weighted by atomic mass is 9.49. The van der Waals surface area contributed by atoms with Crippen molar-refractivity contribution in [3.05, 3.63) is 35.4 Å². The normalized spacial score (nSPS) is 42.1. The van der Waals surface area contributed by atoms with Gasteiger partial charge in [-0.15, -0.1) is 0 Å². The van der Waals surface area contributed by atoms with Crippen molar-refractivity contribution in [2.45, 2.75) is 57.0 Å². The molecule has 4 bridgehead atoms. The van der Waals surface area contributed by atoms with E-state index in [1.54, 1.807) is 0 Å². The lowest BCUT2D eigenvalue weighted by Crippen LogP contribution is -2.55. The van der Waals surface area contributed by atoms with Crippen molar-refractivity contribution >= 4 is 5.91 Å². The monoisotopic (exact) mass is 325 g/mol. The van der Waals surface area contributed by atoms with Crippen LogP contribution in [0.3, 0.4) is 0 Å². The lowest BCUT2D eigenvalue weighted by Gasteiger charge is -2.55. The second kappa shape index (κ2) is 5.08. The number of nitrogens with one attached hydrogen (secondary N) is 1. The summed E-state index contributed by atoms with van der Waals surface area (Å²) in [6.07, 6.45) is 8.92. The minimum absolute atomic E-state index is 0.122. The number of aliphatic hydroxyl groups is 1. The maximum absolute atomic E-state index is 13.1. The van der Waals surface area contributed by atoms with E-state index >= 15 is 0 Å². The first-order valence-electron chi connectivity index (χ1n) is 9.65. The fourth-order valence-electron chi connectivity index (χ4n) is 6.65. The Balaban J connectivity index is 1.32. The van der Waals surface area contributed by atoms with Crippen LogP contribution < -0.4 is 5.32 Å². The predicted octanol–water partition coefficient (Wildman–Crippen LogP) is 3.15. The standard InChI is InChI=1S/C21H27NO2/c23-19(20-10-14-7-15(11-20)9-16(8-14)12-20)22-13-21(24)6-5-17-3-1-2-4-18(17)21/h1-4,14-16,24H,5-13H2,(H,22,23). The van der Waals surface area contributed by atoms with Crippen LogP contribution in [-0.2, 0) is 16.8 Å². The van der Waals surface area contributed by atoms with Gasteiger partial charge in [0.15, 0.2) is 0 Å². The topological polar surface area (TPSA) is 49.3 Å². The molecule has 128 valence electrons. The van der Waals surface area contributed by atoms with E-state index in [2.05, 4.69) is 11.4 Å². The van der Waals surface area contributed by atoms with Crippen LogP contribution in [0, 0.1) is 23.2 Å². The molecular formula is C21H27NO2. The zero-order valence-electron chi connectivity index (χ0n) is 14.3. The number of fused-ring (bicyclic) bond motifs is 1. The third-order valence-electron chi connectivity index (χ3n) is 7.39. The number of hydrogen-bond donors (Lipinski definition) is 2. The fraction of sp³-hybridized carbons (Fsp3) is 0.667. The molecule has 3 heteroatoms. The van der Waals surface area contributed by atoms with Gasteiger partial charge in [0.2, 0.25) is 5.91 Å². The van der Waals surface area contributed by atoms with Gasteiger partial charge in [-0.1, -0.05) is 24.3 Å². The first kappa shape index (κ1) is 14.9. The molecule has 0 aromatic heterocycles. The highest BCUT2D eigenvalue weighted by Gasteiger charge is 2.54. The first-order valence-corrected chi connectivity index (χ1v) is 9.65. The van der Waals surface area contributed by atoms with Gasteiger partial charge in [0, 0.05) is 5.41 Å². The molecule has 0 saturated heterocycles. The molecule has 5 aliphatic carbocycles. The second-order valence-corrected chi connectivity index (χ2v) is 9.07. The molecule has 4 fully saturated rings. The Labute approximate surface area is 143 Å². The highest BCUT2D eigenvalue weighted by Crippen LogP contribution is 2.60. The second-order valence-electron chi connectivity index (χ2n) is 9.07. The minimum atomic E-state index is -0.880. The SMILES string of the molecule is O=C(NCC1(O)CCc2ccccc21)C12CC3CC(CC(C3)C1)C2. The Morgan fingerprint density at radius 2 is 1.71 bits per heavy atom. The molecule has 24 heavy (non-hydrogen) atoms. The summed E-state index contributed by atoms with van der Waals surface area (Å²) in [5.74, 6) is 2.55. The summed E-state index contributed by atoms with van der Waals surface area (Å²) in [5, 5.41) is 14.2. The number of carbonyl (C=O) groups is 1. The summed E-state index contributed by atoms with van der Waals surface area (Å²) in [7, 11) is 0. The molecule has 1 atom stereocenters. The van der Waals surface area contributed by atoms with Gasteiger partial charge in [-0.3, -0.25) is 4.79 Å². The van der Waals surface area contributed by atoms with Crippen molar-refractivity contribution < 1.29 is 9.90 Å². The molecule has 4 saturated carbocycles. The quantitative estimate of drug-likeness (QED) is 0.897.